The molecule has 0 aliphatic carbocycles. The van der Waals surface area contributed by atoms with Crippen LogP contribution in [0.2, 0.25) is 5.02 Å². The van der Waals surface area contributed by atoms with E-state index in [1.807, 2.05) is 0 Å². The van der Waals surface area contributed by atoms with Gasteiger partial charge in [0, 0.05) is 11.6 Å². The number of carbonyl (C=O) groups excluding carboxylic acids is 1. The Morgan fingerprint density at radius 2 is 1.91 bits per heavy atom. The molecular weight excluding hydrogens is 305 g/mol. The summed E-state index contributed by atoms with van der Waals surface area (Å²) in [5.41, 5.74) is 1.24. The fourth-order valence-corrected chi connectivity index (χ4v) is 2.44. The minimum absolute atomic E-state index is 0.253. The van der Waals surface area contributed by atoms with Crippen LogP contribution >= 0.6 is 11.6 Å². The molecule has 1 N–H and O–H groups in total. The van der Waals surface area contributed by atoms with Crippen molar-refractivity contribution in [2.75, 3.05) is 13.7 Å². The number of carbonyl (C=O) groups is 1. The number of benzene rings is 2. The largest absolute Gasteiger partial charge is 0.468 e. The highest BCUT2D eigenvalue weighted by Crippen LogP contribution is 2.23. The maximum atomic E-state index is 13.6. The summed E-state index contributed by atoms with van der Waals surface area (Å²) in [6.07, 6.45) is 0.463. The van der Waals surface area contributed by atoms with E-state index in [9.17, 15) is 9.18 Å². The first-order chi connectivity index (χ1) is 10.6. The maximum absolute atomic E-state index is 13.6. The second-order valence-corrected chi connectivity index (χ2v) is 5.18. The minimum atomic E-state index is -0.675. The molecule has 0 fully saturated rings. The zero-order valence-electron chi connectivity index (χ0n) is 12.2. The summed E-state index contributed by atoms with van der Waals surface area (Å²) in [5, 5.41) is 3.56. The van der Waals surface area contributed by atoms with Crippen molar-refractivity contribution in [2.24, 2.45) is 0 Å². The van der Waals surface area contributed by atoms with Gasteiger partial charge in [-0.1, -0.05) is 48.0 Å². The molecule has 0 aliphatic rings. The third kappa shape index (κ3) is 4.06. The number of hydrogen-bond donors (Lipinski definition) is 1. The predicted molar refractivity (Wildman–Crippen MR) is 84.3 cm³/mol. The van der Waals surface area contributed by atoms with E-state index in [4.69, 9.17) is 16.3 Å². The molecule has 0 spiro atoms. The zero-order valence-corrected chi connectivity index (χ0v) is 12.9. The molecule has 116 valence electrons. The van der Waals surface area contributed by atoms with Gasteiger partial charge in [0.15, 0.2) is 0 Å². The third-order valence-corrected chi connectivity index (χ3v) is 3.70. The first-order valence-electron chi connectivity index (χ1n) is 6.92. The lowest BCUT2D eigenvalue weighted by Gasteiger charge is -2.18. The van der Waals surface area contributed by atoms with Crippen molar-refractivity contribution in [1.29, 1.82) is 0 Å². The average molecular weight is 322 g/mol. The predicted octanol–water partition coefficient (Wildman–Crippen LogP) is 3.53. The maximum Gasteiger partial charge on any atom is 0.327 e. The molecule has 1 atom stereocenters. The van der Waals surface area contributed by atoms with Crippen LogP contribution in [0.5, 0.6) is 0 Å². The summed E-state index contributed by atoms with van der Waals surface area (Å²) in [6.45, 7) is 0.423. The number of esters is 1. The highest BCUT2D eigenvalue weighted by atomic mass is 35.5. The van der Waals surface area contributed by atoms with Crippen LogP contribution in [0.15, 0.2) is 48.5 Å². The van der Waals surface area contributed by atoms with Gasteiger partial charge in [0.2, 0.25) is 0 Å². The molecule has 3 nitrogen and oxygen atoms in total. The van der Waals surface area contributed by atoms with Gasteiger partial charge in [-0.3, -0.25) is 0 Å². The summed E-state index contributed by atoms with van der Waals surface area (Å²) < 4.78 is 18.4. The van der Waals surface area contributed by atoms with E-state index >= 15 is 0 Å². The third-order valence-electron chi connectivity index (χ3n) is 3.35. The van der Waals surface area contributed by atoms with Crippen molar-refractivity contribution in [3.05, 3.63) is 70.5 Å². The molecule has 22 heavy (non-hydrogen) atoms. The van der Waals surface area contributed by atoms with Gasteiger partial charge in [0.25, 0.3) is 0 Å². The summed E-state index contributed by atoms with van der Waals surface area (Å²) in [4.78, 5) is 12.0. The Morgan fingerprint density at radius 3 is 2.59 bits per heavy atom. The molecule has 5 heteroatoms. The van der Waals surface area contributed by atoms with Crippen LogP contribution in [0.25, 0.3) is 0 Å². The molecule has 2 aromatic carbocycles. The molecule has 0 aromatic heterocycles. The smallest absolute Gasteiger partial charge is 0.327 e. The van der Waals surface area contributed by atoms with Gasteiger partial charge >= 0.3 is 5.97 Å². The Balaban J connectivity index is 2.07. The van der Waals surface area contributed by atoms with Crippen LogP contribution in [-0.2, 0) is 16.0 Å². The zero-order chi connectivity index (χ0) is 15.9. The second-order valence-electron chi connectivity index (χ2n) is 4.77. The molecule has 2 rings (SSSR count). The first kappa shape index (κ1) is 16.5. The van der Waals surface area contributed by atoms with E-state index in [2.05, 4.69) is 5.32 Å². The number of nitrogens with one attached hydrogen (secondary N) is 1. The molecule has 0 aliphatic heterocycles. The van der Waals surface area contributed by atoms with Gasteiger partial charge in [0.05, 0.1) is 7.11 Å². The summed E-state index contributed by atoms with van der Waals surface area (Å²) in [6, 6.07) is 13.0. The molecule has 0 amide bonds. The molecule has 0 radical (unpaired) electrons. The van der Waals surface area contributed by atoms with Gasteiger partial charge < -0.3 is 10.1 Å². The quantitative estimate of drug-likeness (QED) is 0.827. The van der Waals surface area contributed by atoms with Crippen LogP contribution in [0.1, 0.15) is 17.2 Å². The van der Waals surface area contributed by atoms with Gasteiger partial charge in [-0.25, -0.2) is 9.18 Å². The lowest BCUT2D eigenvalue weighted by molar-refractivity contribution is -0.143. The van der Waals surface area contributed by atoms with Gasteiger partial charge in [-0.15, -0.1) is 0 Å². The lowest BCUT2D eigenvalue weighted by atomic mass is 10.1. The molecule has 0 saturated heterocycles. The topological polar surface area (TPSA) is 38.3 Å². The van der Waals surface area contributed by atoms with Crippen LogP contribution < -0.4 is 5.32 Å². The summed E-state index contributed by atoms with van der Waals surface area (Å²) in [5.74, 6) is -0.682. The van der Waals surface area contributed by atoms with Crippen molar-refractivity contribution in [2.45, 2.75) is 12.5 Å². The van der Waals surface area contributed by atoms with E-state index in [1.165, 1.54) is 13.2 Å². The monoisotopic (exact) mass is 321 g/mol. The molecule has 1 unspecified atom stereocenters. The number of halogens is 2. The molecule has 0 saturated carbocycles. The number of rotatable bonds is 6. The Morgan fingerprint density at radius 1 is 1.23 bits per heavy atom. The number of hydrogen-bond acceptors (Lipinski definition) is 3. The van der Waals surface area contributed by atoms with Gasteiger partial charge in [-0.2, -0.15) is 0 Å². The van der Waals surface area contributed by atoms with E-state index in [0.29, 0.717) is 29.1 Å². The second kappa shape index (κ2) is 7.92. The first-order valence-corrected chi connectivity index (χ1v) is 7.30. The van der Waals surface area contributed by atoms with E-state index < -0.39 is 12.0 Å². The summed E-state index contributed by atoms with van der Waals surface area (Å²) in [7, 11) is 1.32. The van der Waals surface area contributed by atoms with Crippen molar-refractivity contribution in [3.63, 3.8) is 0 Å². The van der Waals surface area contributed by atoms with Crippen molar-refractivity contribution in [3.8, 4) is 0 Å². The van der Waals surface area contributed by atoms with E-state index in [1.54, 1.807) is 42.5 Å². The van der Waals surface area contributed by atoms with Crippen LogP contribution in [-0.4, -0.2) is 19.6 Å². The van der Waals surface area contributed by atoms with Crippen LogP contribution in [0.3, 0.4) is 0 Å². The summed E-state index contributed by atoms with van der Waals surface area (Å²) >= 11 is 6.13. The SMILES string of the molecule is COC(=O)C(NCCc1ccccc1F)c1ccccc1Cl. The highest BCUT2D eigenvalue weighted by Gasteiger charge is 2.22. The standard InChI is InChI=1S/C17H17ClFNO2/c1-22-17(21)16(13-7-3-4-8-14(13)18)20-11-10-12-6-2-5-9-15(12)19/h2-9,16,20H,10-11H2,1H3. The van der Waals surface area contributed by atoms with Crippen LogP contribution in [0.4, 0.5) is 4.39 Å². The minimum Gasteiger partial charge on any atom is -0.468 e. The van der Waals surface area contributed by atoms with Crippen molar-refractivity contribution >= 4 is 17.6 Å². The number of methoxy groups -OCH3 is 1. The molecular formula is C17H17ClFNO2. The van der Waals surface area contributed by atoms with Crippen molar-refractivity contribution < 1.29 is 13.9 Å². The Kier molecular flexibility index (Phi) is 5.92. The Labute approximate surface area is 134 Å². The fourth-order valence-electron chi connectivity index (χ4n) is 2.20. The Bertz CT molecular complexity index is 648. The lowest BCUT2D eigenvalue weighted by Crippen LogP contribution is -2.31. The fraction of sp³-hybridized carbons (Fsp3) is 0.235. The molecule has 0 heterocycles. The normalized spacial score (nSPS) is 12.0. The molecule has 0 bridgehead atoms. The Hall–Kier alpha value is -1.91. The van der Waals surface area contributed by atoms with Crippen LogP contribution in [0, 0.1) is 5.82 Å². The van der Waals surface area contributed by atoms with E-state index in [0.717, 1.165) is 0 Å². The molecule has 2 aromatic rings. The average Bonchev–Trinajstić information content (AvgIpc) is 2.53. The van der Waals surface area contributed by atoms with Crippen molar-refractivity contribution in [1.82, 2.24) is 5.32 Å². The van der Waals surface area contributed by atoms with E-state index in [-0.39, 0.29) is 5.82 Å². The number of ether oxygens (including phenoxy) is 1. The highest BCUT2D eigenvalue weighted by molar-refractivity contribution is 6.31. The van der Waals surface area contributed by atoms with Gasteiger partial charge in [0.1, 0.15) is 11.9 Å². The van der Waals surface area contributed by atoms with Gasteiger partial charge in [-0.05, 0) is 29.7 Å².